The molecule has 2 N–H and O–H groups in total. The van der Waals surface area contributed by atoms with Crippen molar-refractivity contribution in [2.24, 2.45) is 5.73 Å². The van der Waals surface area contributed by atoms with Crippen LogP contribution in [0.4, 0.5) is 0 Å². The maximum absolute atomic E-state index is 5.95. The molecule has 0 aliphatic rings. The second-order valence-corrected chi connectivity index (χ2v) is 7.94. The van der Waals surface area contributed by atoms with Crippen molar-refractivity contribution in [3.05, 3.63) is 71.8 Å². The van der Waals surface area contributed by atoms with Gasteiger partial charge in [-0.3, -0.25) is 0 Å². The van der Waals surface area contributed by atoms with Crippen molar-refractivity contribution in [2.75, 3.05) is 13.2 Å². The molecule has 0 atom stereocenters. The molecule has 0 fully saturated rings. The van der Waals surface area contributed by atoms with Crippen LogP contribution in [0.25, 0.3) is 10.8 Å². The number of hydrogen-bond donors (Lipinski definition) is 1. The zero-order valence-electron chi connectivity index (χ0n) is 16.0. The SMILES string of the molecule is CC(C)(C)c1ccc(OCCOc2ccc3ccccc3c2C(N)=S)cc1. The van der Waals surface area contributed by atoms with Crippen LogP contribution in [0.1, 0.15) is 31.9 Å². The lowest BCUT2D eigenvalue weighted by Crippen LogP contribution is -2.15. The van der Waals surface area contributed by atoms with Gasteiger partial charge in [-0.25, -0.2) is 0 Å². The lowest BCUT2D eigenvalue weighted by atomic mass is 9.87. The monoisotopic (exact) mass is 379 g/mol. The third kappa shape index (κ3) is 4.58. The molecule has 0 aromatic heterocycles. The van der Waals surface area contributed by atoms with Gasteiger partial charge >= 0.3 is 0 Å². The first-order valence-corrected chi connectivity index (χ1v) is 9.45. The van der Waals surface area contributed by atoms with Gasteiger partial charge in [-0.05, 0) is 39.9 Å². The van der Waals surface area contributed by atoms with Gasteiger partial charge in [0.25, 0.3) is 0 Å². The summed E-state index contributed by atoms with van der Waals surface area (Å²) in [4.78, 5) is 0.334. The Labute approximate surface area is 166 Å². The van der Waals surface area contributed by atoms with Crippen molar-refractivity contribution in [2.45, 2.75) is 26.2 Å². The topological polar surface area (TPSA) is 44.5 Å². The number of rotatable bonds is 6. The normalized spacial score (nSPS) is 11.4. The van der Waals surface area contributed by atoms with Gasteiger partial charge in [0.05, 0.1) is 5.56 Å². The van der Waals surface area contributed by atoms with E-state index in [1.807, 2.05) is 48.5 Å². The van der Waals surface area contributed by atoms with Gasteiger partial charge in [0.15, 0.2) is 0 Å². The van der Waals surface area contributed by atoms with Gasteiger partial charge < -0.3 is 15.2 Å². The molecular formula is C23H25NO2S. The highest BCUT2D eigenvalue weighted by atomic mass is 32.1. The van der Waals surface area contributed by atoms with Crippen molar-refractivity contribution >= 4 is 28.0 Å². The molecule has 3 aromatic rings. The van der Waals surface area contributed by atoms with Gasteiger partial charge in [-0.15, -0.1) is 0 Å². The summed E-state index contributed by atoms with van der Waals surface area (Å²) in [6.07, 6.45) is 0. The Morgan fingerprint density at radius 1 is 0.889 bits per heavy atom. The first-order chi connectivity index (χ1) is 12.9. The lowest BCUT2D eigenvalue weighted by Gasteiger charge is -2.19. The summed E-state index contributed by atoms with van der Waals surface area (Å²) in [5.41, 5.74) is 8.14. The zero-order valence-corrected chi connectivity index (χ0v) is 16.8. The first-order valence-electron chi connectivity index (χ1n) is 9.04. The fraction of sp³-hybridized carbons (Fsp3) is 0.261. The maximum Gasteiger partial charge on any atom is 0.130 e. The molecular weight excluding hydrogens is 354 g/mol. The van der Waals surface area contributed by atoms with E-state index in [1.54, 1.807) is 0 Å². The van der Waals surface area contributed by atoms with Crippen molar-refractivity contribution in [3.8, 4) is 11.5 Å². The highest BCUT2D eigenvalue weighted by Crippen LogP contribution is 2.28. The van der Waals surface area contributed by atoms with Crippen LogP contribution in [0.5, 0.6) is 11.5 Å². The Bertz CT molecular complexity index is 943. The minimum atomic E-state index is 0.134. The van der Waals surface area contributed by atoms with E-state index in [0.717, 1.165) is 22.1 Å². The van der Waals surface area contributed by atoms with E-state index in [4.69, 9.17) is 27.4 Å². The van der Waals surface area contributed by atoms with Gasteiger partial charge in [0.1, 0.15) is 29.7 Å². The predicted octanol–water partition coefficient (Wildman–Crippen LogP) is 5.23. The molecule has 140 valence electrons. The summed E-state index contributed by atoms with van der Waals surface area (Å²) in [6, 6.07) is 20.1. The summed E-state index contributed by atoms with van der Waals surface area (Å²) >= 11 is 5.24. The van der Waals surface area contributed by atoms with E-state index >= 15 is 0 Å². The molecule has 3 nitrogen and oxygen atoms in total. The Morgan fingerprint density at radius 3 is 2.22 bits per heavy atom. The van der Waals surface area contributed by atoms with Crippen LogP contribution in [0.3, 0.4) is 0 Å². The van der Waals surface area contributed by atoms with Crippen LogP contribution in [0, 0.1) is 0 Å². The van der Waals surface area contributed by atoms with Crippen LogP contribution in [0.2, 0.25) is 0 Å². The molecule has 0 amide bonds. The molecule has 0 heterocycles. The number of ether oxygens (including phenoxy) is 2. The van der Waals surface area contributed by atoms with Gasteiger partial charge in [-0.1, -0.05) is 75.5 Å². The van der Waals surface area contributed by atoms with Crippen LogP contribution < -0.4 is 15.2 Å². The molecule has 27 heavy (non-hydrogen) atoms. The second-order valence-electron chi connectivity index (χ2n) is 7.50. The summed E-state index contributed by atoms with van der Waals surface area (Å²) in [5.74, 6) is 1.52. The summed E-state index contributed by atoms with van der Waals surface area (Å²) in [5, 5.41) is 2.09. The maximum atomic E-state index is 5.95. The first kappa shape index (κ1) is 19.2. The average molecular weight is 380 g/mol. The zero-order chi connectivity index (χ0) is 19.4. The fourth-order valence-corrected chi connectivity index (χ4v) is 3.20. The highest BCUT2D eigenvalue weighted by molar-refractivity contribution is 7.80. The van der Waals surface area contributed by atoms with Gasteiger partial charge in [-0.2, -0.15) is 0 Å². The Balaban J connectivity index is 1.64. The molecule has 0 unspecified atom stereocenters. The number of thiocarbonyl (C=S) groups is 1. The molecule has 0 aliphatic carbocycles. The molecule has 4 heteroatoms. The molecule has 0 bridgehead atoms. The van der Waals surface area contributed by atoms with Crippen LogP contribution in [0.15, 0.2) is 60.7 Å². The third-order valence-electron chi connectivity index (χ3n) is 4.47. The van der Waals surface area contributed by atoms with Crippen molar-refractivity contribution in [3.63, 3.8) is 0 Å². The Hall–Kier alpha value is -2.59. The van der Waals surface area contributed by atoms with E-state index in [2.05, 4.69) is 32.9 Å². The Kier molecular flexibility index (Phi) is 5.66. The van der Waals surface area contributed by atoms with Crippen LogP contribution in [-0.4, -0.2) is 18.2 Å². The molecule has 0 radical (unpaired) electrons. The fourth-order valence-electron chi connectivity index (χ4n) is 2.99. The molecule has 3 aromatic carbocycles. The average Bonchev–Trinajstić information content (AvgIpc) is 2.64. The predicted molar refractivity (Wildman–Crippen MR) is 116 cm³/mol. The second kappa shape index (κ2) is 7.97. The molecule has 0 aliphatic heterocycles. The largest absolute Gasteiger partial charge is 0.490 e. The van der Waals surface area contributed by atoms with Gasteiger partial charge in [0.2, 0.25) is 0 Å². The Morgan fingerprint density at radius 2 is 1.56 bits per heavy atom. The standard InChI is InChI=1S/C23H25NO2S/c1-23(2,3)17-9-11-18(12-10-17)25-14-15-26-20-13-8-16-6-4-5-7-19(16)21(20)22(24)27/h4-13H,14-15H2,1-3H3,(H2,24,27). The van der Waals surface area contributed by atoms with Gasteiger partial charge in [0, 0.05) is 0 Å². The molecule has 0 saturated carbocycles. The van der Waals surface area contributed by atoms with E-state index in [1.165, 1.54) is 5.56 Å². The molecule has 3 rings (SSSR count). The summed E-state index contributed by atoms with van der Waals surface area (Å²) in [6.45, 7) is 7.44. The minimum absolute atomic E-state index is 0.134. The van der Waals surface area contributed by atoms with E-state index < -0.39 is 0 Å². The number of hydrogen-bond acceptors (Lipinski definition) is 3. The third-order valence-corrected chi connectivity index (χ3v) is 4.67. The molecule has 0 spiro atoms. The summed E-state index contributed by atoms with van der Waals surface area (Å²) in [7, 11) is 0. The quantitative estimate of drug-likeness (QED) is 0.470. The minimum Gasteiger partial charge on any atom is -0.490 e. The van der Waals surface area contributed by atoms with Crippen molar-refractivity contribution < 1.29 is 9.47 Å². The van der Waals surface area contributed by atoms with Crippen molar-refractivity contribution in [1.82, 2.24) is 0 Å². The number of nitrogens with two attached hydrogens (primary N) is 1. The van der Waals surface area contributed by atoms with Crippen molar-refractivity contribution in [1.29, 1.82) is 0 Å². The van der Waals surface area contributed by atoms with E-state index in [0.29, 0.717) is 24.0 Å². The number of benzene rings is 3. The highest BCUT2D eigenvalue weighted by Gasteiger charge is 2.13. The molecule has 0 saturated heterocycles. The van der Waals surface area contributed by atoms with E-state index in [-0.39, 0.29) is 5.41 Å². The van der Waals surface area contributed by atoms with E-state index in [9.17, 15) is 0 Å². The van der Waals surface area contributed by atoms with Crippen LogP contribution in [-0.2, 0) is 5.41 Å². The van der Waals surface area contributed by atoms with Crippen LogP contribution >= 0.6 is 12.2 Å². The smallest absolute Gasteiger partial charge is 0.130 e. The summed E-state index contributed by atoms with van der Waals surface area (Å²) < 4.78 is 11.7. The lowest BCUT2D eigenvalue weighted by molar-refractivity contribution is 0.217. The number of fused-ring (bicyclic) bond motifs is 1.